The molecule has 0 bridgehead atoms. The van der Waals surface area contributed by atoms with Crippen molar-refractivity contribution in [1.29, 1.82) is 0 Å². The first-order chi connectivity index (χ1) is 9.16. The number of rotatable bonds is 3. The second-order valence-corrected chi connectivity index (χ2v) is 4.86. The van der Waals surface area contributed by atoms with Crippen LogP contribution in [0.5, 0.6) is 0 Å². The first kappa shape index (κ1) is 11.8. The highest BCUT2D eigenvalue weighted by molar-refractivity contribution is 5.75. The van der Waals surface area contributed by atoms with E-state index in [2.05, 4.69) is 58.7 Å². The average Bonchev–Trinajstić information content (AvgIpc) is 2.90. The van der Waals surface area contributed by atoms with E-state index in [1.165, 1.54) is 16.9 Å². The molecule has 19 heavy (non-hydrogen) atoms. The molecule has 0 atom stereocenters. The molecule has 0 aliphatic heterocycles. The zero-order chi connectivity index (χ0) is 13.4. The number of nitrogens with zero attached hydrogens (tertiary/aromatic N) is 3. The molecule has 1 N–H and O–H groups in total. The van der Waals surface area contributed by atoms with Crippen LogP contribution in [0.4, 0.5) is 0 Å². The molecule has 0 radical (unpaired) electrons. The predicted molar refractivity (Wildman–Crippen MR) is 77.7 cm³/mol. The molecule has 0 unspecified atom stereocenters. The lowest BCUT2D eigenvalue weighted by Gasteiger charge is -2.12. The summed E-state index contributed by atoms with van der Waals surface area (Å²) in [5, 5.41) is 0. The molecule has 3 aromatic rings. The van der Waals surface area contributed by atoms with Crippen LogP contribution in [0.25, 0.3) is 11.0 Å². The molecule has 0 fully saturated rings. The van der Waals surface area contributed by atoms with Gasteiger partial charge in [-0.1, -0.05) is 12.1 Å². The number of hydrogen-bond acceptors (Lipinski definition) is 2. The molecule has 4 heteroatoms. The van der Waals surface area contributed by atoms with Crippen LogP contribution in [0.1, 0.15) is 17.2 Å². The van der Waals surface area contributed by atoms with Crippen molar-refractivity contribution in [3.8, 4) is 0 Å². The van der Waals surface area contributed by atoms with Gasteiger partial charge in [-0.25, -0.2) is 4.98 Å². The zero-order valence-electron chi connectivity index (χ0n) is 11.5. The molecule has 0 aliphatic rings. The molecule has 0 spiro atoms. The Morgan fingerprint density at radius 3 is 2.42 bits per heavy atom. The molecule has 0 amide bonds. The van der Waals surface area contributed by atoms with E-state index < -0.39 is 0 Å². The van der Waals surface area contributed by atoms with Crippen LogP contribution in [0.15, 0.2) is 36.4 Å². The smallest absolute Gasteiger partial charge is 0.130 e. The zero-order valence-corrected chi connectivity index (χ0v) is 11.5. The van der Waals surface area contributed by atoms with Crippen molar-refractivity contribution < 1.29 is 0 Å². The van der Waals surface area contributed by atoms with Gasteiger partial charge < -0.3 is 9.99 Å². The molecule has 2 aromatic heterocycles. The fraction of sp³-hybridized carbons (Fsp3) is 0.267. The Balaban J connectivity index is 1.88. The summed E-state index contributed by atoms with van der Waals surface area (Å²) in [6, 6.07) is 12.4. The van der Waals surface area contributed by atoms with E-state index in [1.807, 2.05) is 18.2 Å². The van der Waals surface area contributed by atoms with Gasteiger partial charge in [0.05, 0.1) is 17.6 Å². The van der Waals surface area contributed by atoms with E-state index >= 15 is 0 Å². The maximum Gasteiger partial charge on any atom is 0.130 e. The minimum absolute atomic E-state index is 0.710. The van der Waals surface area contributed by atoms with Crippen LogP contribution >= 0.6 is 0 Å². The summed E-state index contributed by atoms with van der Waals surface area (Å²) in [7, 11) is 2.06. The van der Waals surface area contributed by atoms with Crippen molar-refractivity contribution in [3.05, 3.63) is 53.6 Å². The van der Waals surface area contributed by atoms with Crippen LogP contribution in [0, 0.1) is 13.8 Å². The third kappa shape index (κ3) is 1.99. The van der Waals surface area contributed by atoms with Gasteiger partial charge >= 0.3 is 0 Å². The molecule has 0 saturated heterocycles. The van der Waals surface area contributed by atoms with Crippen molar-refractivity contribution in [1.82, 2.24) is 14.2 Å². The molecule has 3 rings (SSSR count). The standard InChI is InChI=1S/C15H18N4/c1-11-8-9-12(2)19(11)16-10-15-17-13-6-4-5-7-14(13)18(15)3/h4-9,16H,10H2,1-3H3. The van der Waals surface area contributed by atoms with E-state index in [-0.39, 0.29) is 0 Å². The number of hydrogen-bond donors (Lipinski definition) is 1. The quantitative estimate of drug-likeness (QED) is 0.780. The van der Waals surface area contributed by atoms with Crippen molar-refractivity contribution in [2.75, 3.05) is 5.43 Å². The minimum Gasteiger partial charge on any atom is -0.330 e. The van der Waals surface area contributed by atoms with E-state index in [1.54, 1.807) is 0 Å². The summed E-state index contributed by atoms with van der Waals surface area (Å²) in [5.41, 5.74) is 8.03. The van der Waals surface area contributed by atoms with E-state index in [9.17, 15) is 0 Å². The second-order valence-electron chi connectivity index (χ2n) is 4.86. The number of fused-ring (bicyclic) bond motifs is 1. The molecule has 0 saturated carbocycles. The lowest BCUT2D eigenvalue weighted by atomic mass is 10.3. The fourth-order valence-electron chi connectivity index (χ4n) is 2.42. The molecular formula is C15H18N4. The number of aromatic nitrogens is 3. The minimum atomic E-state index is 0.710. The number of imidazole rings is 1. The van der Waals surface area contributed by atoms with Crippen molar-refractivity contribution >= 4 is 11.0 Å². The van der Waals surface area contributed by atoms with Crippen LogP contribution < -0.4 is 5.43 Å². The van der Waals surface area contributed by atoms with Gasteiger partial charge in [0, 0.05) is 18.4 Å². The normalized spacial score (nSPS) is 11.1. The SMILES string of the molecule is Cc1ccc(C)n1NCc1nc2ccccc2n1C. The van der Waals surface area contributed by atoms with Crippen LogP contribution in [0.2, 0.25) is 0 Å². The Morgan fingerprint density at radius 2 is 1.74 bits per heavy atom. The van der Waals surface area contributed by atoms with Gasteiger partial charge in [-0.05, 0) is 38.1 Å². The summed E-state index contributed by atoms with van der Waals surface area (Å²) < 4.78 is 4.23. The Bertz CT molecular complexity index is 701. The average molecular weight is 254 g/mol. The number of benzene rings is 1. The molecule has 98 valence electrons. The largest absolute Gasteiger partial charge is 0.330 e. The Morgan fingerprint density at radius 1 is 1.05 bits per heavy atom. The van der Waals surface area contributed by atoms with Gasteiger partial charge in [0.25, 0.3) is 0 Å². The predicted octanol–water partition coefficient (Wildman–Crippen LogP) is 2.74. The molecule has 0 aliphatic carbocycles. The lowest BCUT2D eigenvalue weighted by Crippen LogP contribution is -2.18. The van der Waals surface area contributed by atoms with E-state index in [4.69, 9.17) is 0 Å². The first-order valence-electron chi connectivity index (χ1n) is 6.46. The summed E-state index contributed by atoms with van der Waals surface area (Å²) in [4.78, 5) is 4.66. The lowest BCUT2D eigenvalue weighted by molar-refractivity contribution is 0.737. The Hall–Kier alpha value is -2.23. The fourth-order valence-corrected chi connectivity index (χ4v) is 2.42. The van der Waals surface area contributed by atoms with Gasteiger partial charge in [-0.2, -0.15) is 0 Å². The summed E-state index contributed by atoms with van der Waals surface area (Å²) in [6.07, 6.45) is 0. The summed E-state index contributed by atoms with van der Waals surface area (Å²) >= 11 is 0. The highest BCUT2D eigenvalue weighted by Crippen LogP contribution is 2.14. The van der Waals surface area contributed by atoms with Crippen LogP contribution in [-0.2, 0) is 13.6 Å². The topological polar surface area (TPSA) is 34.8 Å². The first-order valence-corrected chi connectivity index (χ1v) is 6.46. The van der Waals surface area contributed by atoms with Gasteiger partial charge in [-0.3, -0.25) is 4.68 Å². The second kappa shape index (κ2) is 4.46. The number of nitrogens with one attached hydrogen (secondary N) is 1. The monoisotopic (exact) mass is 254 g/mol. The summed E-state index contributed by atoms with van der Waals surface area (Å²) in [5.74, 6) is 1.04. The van der Waals surface area contributed by atoms with Crippen LogP contribution in [0.3, 0.4) is 0 Å². The number of para-hydroxylation sites is 2. The summed E-state index contributed by atoms with van der Waals surface area (Å²) in [6.45, 7) is 4.89. The maximum atomic E-state index is 4.66. The van der Waals surface area contributed by atoms with Gasteiger partial charge in [0.2, 0.25) is 0 Å². The maximum absolute atomic E-state index is 4.66. The molecule has 4 nitrogen and oxygen atoms in total. The van der Waals surface area contributed by atoms with E-state index in [0.717, 1.165) is 11.3 Å². The number of aryl methyl sites for hydroxylation is 3. The van der Waals surface area contributed by atoms with E-state index in [0.29, 0.717) is 6.54 Å². The van der Waals surface area contributed by atoms with Crippen molar-refractivity contribution in [2.24, 2.45) is 7.05 Å². The van der Waals surface area contributed by atoms with Gasteiger partial charge in [0.15, 0.2) is 0 Å². The molecular weight excluding hydrogens is 236 g/mol. The van der Waals surface area contributed by atoms with Crippen LogP contribution in [-0.4, -0.2) is 14.2 Å². The highest BCUT2D eigenvalue weighted by Gasteiger charge is 2.07. The third-order valence-corrected chi connectivity index (χ3v) is 3.55. The Labute approximate surface area is 112 Å². The van der Waals surface area contributed by atoms with Crippen molar-refractivity contribution in [2.45, 2.75) is 20.4 Å². The molecule has 1 aromatic carbocycles. The molecule has 2 heterocycles. The van der Waals surface area contributed by atoms with Gasteiger partial charge in [0.1, 0.15) is 5.82 Å². The highest BCUT2D eigenvalue weighted by atomic mass is 15.4. The third-order valence-electron chi connectivity index (χ3n) is 3.55. The van der Waals surface area contributed by atoms with Crippen molar-refractivity contribution in [3.63, 3.8) is 0 Å². The van der Waals surface area contributed by atoms with Gasteiger partial charge in [-0.15, -0.1) is 0 Å². The Kier molecular flexibility index (Phi) is 2.78.